The van der Waals surface area contributed by atoms with Gasteiger partial charge < -0.3 is 14.2 Å². The highest BCUT2D eigenvalue weighted by molar-refractivity contribution is 9.10. The fourth-order valence-corrected chi connectivity index (χ4v) is 2.64. The molecule has 0 aliphatic rings. The third-order valence-electron chi connectivity index (χ3n) is 3.73. The molecule has 2 aromatic carbocycles. The second kappa shape index (κ2) is 8.14. The van der Waals surface area contributed by atoms with Gasteiger partial charge in [-0.25, -0.2) is 0 Å². The number of aryl methyl sites for hydroxylation is 1. The van der Waals surface area contributed by atoms with E-state index in [1.54, 1.807) is 7.05 Å². The molecule has 0 aliphatic carbocycles. The van der Waals surface area contributed by atoms with Crippen LogP contribution in [0.25, 0.3) is 11.4 Å². The average molecular weight is 416 g/mol. The molecule has 0 bridgehead atoms. The predicted molar refractivity (Wildman–Crippen MR) is 101 cm³/mol. The molecule has 0 aliphatic heterocycles. The molecule has 134 valence electrons. The molecule has 0 radical (unpaired) electrons. The summed E-state index contributed by atoms with van der Waals surface area (Å²) in [6, 6.07) is 15.2. The van der Waals surface area contributed by atoms with E-state index in [0.717, 1.165) is 15.6 Å². The molecule has 3 aromatic rings. The Kier molecular flexibility index (Phi) is 5.68. The molecule has 0 N–H and O–H groups in total. The number of amides is 1. The summed E-state index contributed by atoms with van der Waals surface area (Å²) in [6.07, 6.45) is 0. The van der Waals surface area contributed by atoms with E-state index in [2.05, 4.69) is 26.1 Å². The summed E-state index contributed by atoms with van der Waals surface area (Å²) in [6.45, 7) is 2.17. The zero-order valence-corrected chi connectivity index (χ0v) is 16.1. The number of likely N-dealkylation sites (N-methyl/N-ethyl adjacent to an activating group) is 1. The number of aromatic nitrogens is 2. The SMILES string of the molecule is Cc1ccc(OCC(=O)N(C)Cc2nc(-c3cccc(Br)c3)no2)cc1. The molecule has 1 amide bonds. The fraction of sp³-hybridized carbons (Fsp3) is 0.211. The number of hydrogen-bond donors (Lipinski definition) is 0. The van der Waals surface area contributed by atoms with Crippen molar-refractivity contribution >= 4 is 21.8 Å². The van der Waals surface area contributed by atoms with Crippen LogP contribution in [0.3, 0.4) is 0 Å². The van der Waals surface area contributed by atoms with Crippen LogP contribution >= 0.6 is 15.9 Å². The van der Waals surface area contributed by atoms with Crippen molar-refractivity contribution < 1.29 is 14.1 Å². The first-order valence-electron chi connectivity index (χ1n) is 8.03. The lowest BCUT2D eigenvalue weighted by Gasteiger charge is -2.15. The maximum absolute atomic E-state index is 12.2. The number of hydrogen-bond acceptors (Lipinski definition) is 5. The van der Waals surface area contributed by atoms with Gasteiger partial charge in [0.2, 0.25) is 11.7 Å². The lowest BCUT2D eigenvalue weighted by Crippen LogP contribution is -2.31. The minimum absolute atomic E-state index is 0.0494. The van der Waals surface area contributed by atoms with Gasteiger partial charge in [0.05, 0.1) is 6.54 Å². The summed E-state index contributed by atoms with van der Waals surface area (Å²) in [4.78, 5) is 18.0. The van der Waals surface area contributed by atoms with Crippen LogP contribution in [0.4, 0.5) is 0 Å². The Labute approximate surface area is 159 Å². The molecule has 1 heterocycles. The summed E-state index contributed by atoms with van der Waals surface area (Å²) in [5.41, 5.74) is 1.98. The van der Waals surface area contributed by atoms with E-state index in [1.807, 2.05) is 55.5 Å². The zero-order chi connectivity index (χ0) is 18.5. The van der Waals surface area contributed by atoms with Crippen molar-refractivity contribution in [3.63, 3.8) is 0 Å². The van der Waals surface area contributed by atoms with Gasteiger partial charge in [0, 0.05) is 17.1 Å². The van der Waals surface area contributed by atoms with E-state index in [1.165, 1.54) is 4.90 Å². The van der Waals surface area contributed by atoms with Crippen molar-refractivity contribution in [1.82, 2.24) is 15.0 Å². The Morgan fingerprint density at radius 1 is 1.23 bits per heavy atom. The van der Waals surface area contributed by atoms with Crippen LogP contribution in [0, 0.1) is 6.92 Å². The number of nitrogens with zero attached hydrogens (tertiary/aromatic N) is 3. The molecule has 0 unspecified atom stereocenters. The Morgan fingerprint density at radius 3 is 2.73 bits per heavy atom. The van der Waals surface area contributed by atoms with Gasteiger partial charge in [-0.15, -0.1) is 0 Å². The van der Waals surface area contributed by atoms with E-state index >= 15 is 0 Å². The normalized spacial score (nSPS) is 10.6. The van der Waals surface area contributed by atoms with Gasteiger partial charge in [-0.05, 0) is 31.2 Å². The van der Waals surface area contributed by atoms with Crippen molar-refractivity contribution in [2.24, 2.45) is 0 Å². The summed E-state index contributed by atoms with van der Waals surface area (Å²) in [5.74, 6) is 1.34. The first-order chi connectivity index (χ1) is 12.5. The number of rotatable bonds is 6. The lowest BCUT2D eigenvalue weighted by molar-refractivity contribution is -0.132. The van der Waals surface area contributed by atoms with Gasteiger partial charge in [0.1, 0.15) is 5.75 Å². The number of carbonyl (C=O) groups excluding carboxylic acids is 1. The van der Waals surface area contributed by atoms with Crippen molar-refractivity contribution in [2.45, 2.75) is 13.5 Å². The molecular formula is C19H18BrN3O3. The van der Waals surface area contributed by atoms with Gasteiger partial charge >= 0.3 is 0 Å². The lowest BCUT2D eigenvalue weighted by atomic mass is 10.2. The molecular weight excluding hydrogens is 398 g/mol. The molecule has 0 fully saturated rings. The smallest absolute Gasteiger partial charge is 0.260 e. The second-order valence-corrected chi connectivity index (χ2v) is 6.79. The van der Waals surface area contributed by atoms with E-state index in [0.29, 0.717) is 17.5 Å². The molecule has 0 saturated carbocycles. The van der Waals surface area contributed by atoms with Gasteiger partial charge in [0.15, 0.2) is 6.61 Å². The van der Waals surface area contributed by atoms with Gasteiger partial charge in [0.25, 0.3) is 5.91 Å². The maximum Gasteiger partial charge on any atom is 0.260 e. The fourth-order valence-electron chi connectivity index (χ4n) is 2.24. The topological polar surface area (TPSA) is 68.5 Å². The minimum Gasteiger partial charge on any atom is -0.484 e. The third-order valence-corrected chi connectivity index (χ3v) is 4.23. The van der Waals surface area contributed by atoms with Crippen molar-refractivity contribution in [3.05, 3.63) is 64.5 Å². The summed E-state index contributed by atoms with van der Waals surface area (Å²) >= 11 is 3.41. The van der Waals surface area contributed by atoms with Gasteiger partial charge in [-0.3, -0.25) is 4.79 Å². The number of carbonyl (C=O) groups is 1. The van der Waals surface area contributed by atoms with E-state index < -0.39 is 0 Å². The molecule has 0 atom stereocenters. The first kappa shape index (κ1) is 18.1. The highest BCUT2D eigenvalue weighted by Crippen LogP contribution is 2.20. The van der Waals surface area contributed by atoms with Crippen molar-refractivity contribution in [2.75, 3.05) is 13.7 Å². The number of ether oxygens (including phenoxy) is 1. The van der Waals surface area contributed by atoms with Crippen LogP contribution in [0.15, 0.2) is 57.5 Å². The maximum atomic E-state index is 12.2. The molecule has 0 saturated heterocycles. The highest BCUT2D eigenvalue weighted by atomic mass is 79.9. The Hall–Kier alpha value is -2.67. The third kappa shape index (κ3) is 4.70. The largest absolute Gasteiger partial charge is 0.484 e. The summed E-state index contributed by atoms with van der Waals surface area (Å²) in [7, 11) is 1.67. The van der Waals surface area contributed by atoms with Crippen LogP contribution in [-0.2, 0) is 11.3 Å². The highest BCUT2D eigenvalue weighted by Gasteiger charge is 2.15. The standard InChI is InChI=1S/C19H18BrN3O3/c1-13-6-8-16(9-7-13)25-12-18(24)23(2)11-17-21-19(22-26-17)14-4-3-5-15(20)10-14/h3-10H,11-12H2,1-2H3. The Balaban J connectivity index is 1.56. The van der Waals surface area contributed by atoms with Crippen molar-refractivity contribution in [3.8, 4) is 17.1 Å². The molecule has 6 nitrogen and oxygen atoms in total. The molecule has 3 rings (SSSR count). The van der Waals surface area contributed by atoms with E-state index in [9.17, 15) is 4.79 Å². The quantitative estimate of drug-likeness (QED) is 0.611. The van der Waals surface area contributed by atoms with E-state index in [4.69, 9.17) is 9.26 Å². The van der Waals surface area contributed by atoms with Crippen molar-refractivity contribution in [1.29, 1.82) is 0 Å². The number of halogens is 1. The van der Waals surface area contributed by atoms with Crippen LogP contribution < -0.4 is 4.74 Å². The van der Waals surface area contributed by atoms with Crippen LogP contribution in [-0.4, -0.2) is 34.6 Å². The molecule has 7 heteroatoms. The van der Waals surface area contributed by atoms with E-state index in [-0.39, 0.29) is 19.1 Å². The summed E-state index contributed by atoms with van der Waals surface area (Å²) < 4.78 is 11.7. The average Bonchev–Trinajstić information content (AvgIpc) is 3.09. The van der Waals surface area contributed by atoms with Gasteiger partial charge in [-0.1, -0.05) is 50.9 Å². The first-order valence-corrected chi connectivity index (χ1v) is 8.82. The molecule has 26 heavy (non-hydrogen) atoms. The number of benzene rings is 2. The van der Waals surface area contributed by atoms with Gasteiger partial charge in [-0.2, -0.15) is 4.98 Å². The van der Waals surface area contributed by atoms with Crippen LogP contribution in [0.1, 0.15) is 11.5 Å². The zero-order valence-electron chi connectivity index (χ0n) is 14.5. The predicted octanol–water partition coefficient (Wildman–Crippen LogP) is 3.84. The van der Waals surface area contributed by atoms with Crippen LogP contribution in [0.2, 0.25) is 0 Å². The Morgan fingerprint density at radius 2 is 2.00 bits per heavy atom. The monoisotopic (exact) mass is 415 g/mol. The Bertz CT molecular complexity index is 893. The van der Waals surface area contributed by atoms with Crippen LogP contribution in [0.5, 0.6) is 5.75 Å². The minimum atomic E-state index is -0.173. The molecule has 1 aromatic heterocycles. The second-order valence-electron chi connectivity index (χ2n) is 5.87. The molecule has 0 spiro atoms. The summed E-state index contributed by atoms with van der Waals surface area (Å²) in [5, 5.41) is 3.97.